The maximum Gasteiger partial charge on any atom is 0.255 e. The fraction of sp³-hybridized carbons (Fsp3) is 0.0769. The highest BCUT2D eigenvalue weighted by atomic mass is 32.2. The van der Waals surface area contributed by atoms with Gasteiger partial charge < -0.3 is 4.42 Å². The molecule has 0 fully saturated rings. The van der Waals surface area contributed by atoms with Gasteiger partial charge in [0, 0.05) is 0 Å². The minimum Gasteiger partial charge on any atom is -0.463 e. The smallest absolute Gasteiger partial charge is 0.255 e. The molecule has 21 heavy (non-hydrogen) atoms. The molecule has 1 aromatic carbocycles. The maximum absolute atomic E-state index is 11.9. The number of rotatable bonds is 6. The molecule has 0 saturated heterocycles. The van der Waals surface area contributed by atoms with Crippen LogP contribution in [0.1, 0.15) is 5.76 Å². The van der Waals surface area contributed by atoms with Gasteiger partial charge in [-0.3, -0.25) is 4.79 Å². The van der Waals surface area contributed by atoms with Crippen LogP contribution in [0.25, 0.3) is 0 Å². The molecule has 7 nitrogen and oxygen atoms in total. The fourth-order valence-corrected chi connectivity index (χ4v) is 2.42. The Balaban J connectivity index is 1.84. The van der Waals surface area contributed by atoms with Crippen LogP contribution in [-0.2, 0) is 14.8 Å². The minimum absolute atomic E-state index is 0.0943. The second-order valence-electron chi connectivity index (χ2n) is 3.95. The molecular formula is C13H13N3O4S. The first-order valence-electron chi connectivity index (χ1n) is 5.98. The van der Waals surface area contributed by atoms with Crippen molar-refractivity contribution in [3.05, 3.63) is 54.5 Å². The number of nitrogens with zero attached hydrogens (tertiary/aromatic N) is 1. The summed E-state index contributed by atoms with van der Waals surface area (Å²) in [6, 6.07) is 11.1. The summed E-state index contributed by atoms with van der Waals surface area (Å²) < 4.78 is 30.9. The highest BCUT2D eigenvalue weighted by Crippen LogP contribution is 2.06. The van der Waals surface area contributed by atoms with E-state index >= 15 is 0 Å². The maximum atomic E-state index is 11.9. The van der Waals surface area contributed by atoms with E-state index in [-0.39, 0.29) is 4.90 Å². The second kappa shape index (κ2) is 6.82. The van der Waals surface area contributed by atoms with Crippen molar-refractivity contribution in [2.45, 2.75) is 4.90 Å². The Morgan fingerprint density at radius 3 is 2.62 bits per heavy atom. The summed E-state index contributed by atoms with van der Waals surface area (Å²) in [6.45, 7) is -0.410. The van der Waals surface area contributed by atoms with Gasteiger partial charge in [-0.25, -0.2) is 18.6 Å². The molecule has 110 valence electrons. The molecule has 0 aliphatic rings. The molecule has 2 N–H and O–H groups in total. The lowest BCUT2D eigenvalue weighted by Gasteiger charge is -2.05. The fourth-order valence-electron chi connectivity index (χ4n) is 1.42. The molecule has 0 radical (unpaired) electrons. The molecule has 1 heterocycles. The number of hydrogen-bond acceptors (Lipinski definition) is 5. The van der Waals surface area contributed by atoms with E-state index in [9.17, 15) is 13.2 Å². The number of furan rings is 1. The van der Waals surface area contributed by atoms with Gasteiger partial charge in [0.1, 0.15) is 5.76 Å². The molecule has 0 spiro atoms. The van der Waals surface area contributed by atoms with E-state index in [1.165, 1.54) is 24.6 Å². The van der Waals surface area contributed by atoms with E-state index in [2.05, 4.69) is 15.2 Å². The van der Waals surface area contributed by atoms with Crippen molar-refractivity contribution in [2.24, 2.45) is 5.10 Å². The predicted octanol–water partition coefficient (Wildman–Crippen LogP) is 0.708. The van der Waals surface area contributed by atoms with Crippen molar-refractivity contribution in [1.82, 2.24) is 10.1 Å². The van der Waals surface area contributed by atoms with Crippen molar-refractivity contribution < 1.29 is 17.6 Å². The third-order valence-electron chi connectivity index (χ3n) is 2.40. The summed E-state index contributed by atoms with van der Waals surface area (Å²) in [5.41, 5.74) is 2.19. The van der Waals surface area contributed by atoms with Crippen LogP contribution in [-0.4, -0.2) is 27.1 Å². The van der Waals surface area contributed by atoms with Gasteiger partial charge in [-0.2, -0.15) is 5.10 Å². The average molecular weight is 307 g/mol. The van der Waals surface area contributed by atoms with E-state index in [0.29, 0.717) is 5.76 Å². The Hall–Kier alpha value is -2.45. The van der Waals surface area contributed by atoms with Gasteiger partial charge in [0.05, 0.1) is 23.9 Å². The van der Waals surface area contributed by atoms with Crippen LogP contribution in [0.4, 0.5) is 0 Å². The number of carbonyl (C=O) groups is 1. The third kappa shape index (κ3) is 4.55. The number of carbonyl (C=O) groups excluding carboxylic acids is 1. The first-order chi connectivity index (χ1) is 10.1. The van der Waals surface area contributed by atoms with Crippen LogP contribution in [0.3, 0.4) is 0 Å². The van der Waals surface area contributed by atoms with Crippen molar-refractivity contribution >= 4 is 22.1 Å². The van der Waals surface area contributed by atoms with Crippen LogP contribution >= 0.6 is 0 Å². The number of benzene rings is 1. The second-order valence-corrected chi connectivity index (χ2v) is 5.71. The van der Waals surface area contributed by atoms with Crippen molar-refractivity contribution in [3.8, 4) is 0 Å². The van der Waals surface area contributed by atoms with E-state index < -0.39 is 22.5 Å². The summed E-state index contributed by atoms with van der Waals surface area (Å²) in [7, 11) is -3.70. The summed E-state index contributed by atoms with van der Waals surface area (Å²) in [6.07, 6.45) is 2.78. The zero-order chi connectivity index (χ0) is 15.1. The molecule has 8 heteroatoms. The normalized spacial score (nSPS) is 11.6. The van der Waals surface area contributed by atoms with Crippen molar-refractivity contribution in [1.29, 1.82) is 0 Å². The quantitative estimate of drug-likeness (QED) is 0.606. The average Bonchev–Trinajstić information content (AvgIpc) is 2.99. The number of amides is 1. The van der Waals surface area contributed by atoms with Gasteiger partial charge in [-0.15, -0.1) is 0 Å². The molecule has 0 saturated carbocycles. The molecule has 0 bridgehead atoms. The Labute approximate surface area is 121 Å². The van der Waals surface area contributed by atoms with E-state index in [1.54, 1.807) is 30.3 Å². The summed E-state index contributed by atoms with van der Waals surface area (Å²) in [5, 5.41) is 3.63. The minimum atomic E-state index is -3.70. The Bertz CT molecular complexity index is 709. The first kappa shape index (κ1) is 14.9. The molecule has 2 rings (SSSR count). The standard InChI is InChI=1S/C13H13N3O4S/c17-13(16-14-9-11-5-4-8-20-11)10-15-21(18,19)12-6-2-1-3-7-12/h1-9,15H,10H2,(H,16,17)/b14-9-. The largest absolute Gasteiger partial charge is 0.463 e. The molecule has 0 atom stereocenters. The Morgan fingerprint density at radius 1 is 1.19 bits per heavy atom. The number of hydrazone groups is 1. The Morgan fingerprint density at radius 2 is 1.95 bits per heavy atom. The van der Waals surface area contributed by atoms with Gasteiger partial charge in [-0.1, -0.05) is 18.2 Å². The lowest BCUT2D eigenvalue weighted by atomic mass is 10.4. The highest BCUT2D eigenvalue weighted by molar-refractivity contribution is 7.89. The zero-order valence-corrected chi connectivity index (χ0v) is 11.7. The van der Waals surface area contributed by atoms with Gasteiger partial charge in [-0.05, 0) is 24.3 Å². The van der Waals surface area contributed by atoms with Crippen LogP contribution in [0.5, 0.6) is 0 Å². The van der Waals surface area contributed by atoms with Crippen LogP contribution in [0, 0.1) is 0 Å². The predicted molar refractivity (Wildman–Crippen MR) is 76.1 cm³/mol. The zero-order valence-electron chi connectivity index (χ0n) is 10.9. The lowest BCUT2D eigenvalue weighted by Crippen LogP contribution is -2.34. The molecule has 1 aromatic heterocycles. The molecule has 2 aromatic rings. The van der Waals surface area contributed by atoms with Crippen LogP contribution < -0.4 is 10.1 Å². The topological polar surface area (TPSA) is 101 Å². The molecule has 0 unspecified atom stereocenters. The molecular weight excluding hydrogens is 294 g/mol. The monoisotopic (exact) mass is 307 g/mol. The summed E-state index contributed by atoms with van der Waals surface area (Å²) in [5.74, 6) is -0.113. The van der Waals surface area contributed by atoms with Gasteiger partial charge >= 0.3 is 0 Å². The summed E-state index contributed by atoms with van der Waals surface area (Å²) >= 11 is 0. The third-order valence-corrected chi connectivity index (χ3v) is 3.82. The van der Waals surface area contributed by atoms with E-state index in [1.807, 2.05) is 0 Å². The SMILES string of the molecule is O=C(CNS(=O)(=O)c1ccccc1)N/N=C\c1ccco1. The van der Waals surface area contributed by atoms with Gasteiger partial charge in [0.15, 0.2) is 0 Å². The van der Waals surface area contributed by atoms with Crippen LogP contribution in [0.2, 0.25) is 0 Å². The van der Waals surface area contributed by atoms with Gasteiger partial charge in [0.2, 0.25) is 10.0 Å². The van der Waals surface area contributed by atoms with Crippen molar-refractivity contribution in [2.75, 3.05) is 6.54 Å². The first-order valence-corrected chi connectivity index (χ1v) is 7.46. The van der Waals surface area contributed by atoms with E-state index in [0.717, 1.165) is 0 Å². The number of sulfonamides is 1. The number of nitrogens with one attached hydrogen (secondary N) is 2. The highest BCUT2D eigenvalue weighted by Gasteiger charge is 2.14. The lowest BCUT2D eigenvalue weighted by molar-refractivity contribution is -0.119. The van der Waals surface area contributed by atoms with E-state index in [4.69, 9.17) is 4.42 Å². The summed E-state index contributed by atoms with van der Waals surface area (Å²) in [4.78, 5) is 11.6. The molecule has 0 aliphatic heterocycles. The van der Waals surface area contributed by atoms with Crippen LogP contribution in [0.15, 0.2) is 63.1 Å². The molecule has 1 amide bonds. The number of hydrogen-bond donors (Lipinski definition) is 2. The molecule has 0 aliphatic carbocycles. The Kier molecular flexibility index (Phi) is 4.85. The van der Waals surface area contributed by atoms with Gasteiger partial charge in [0.25, 0.3) is 5.91 Å². The van der Waals surface area contributed by atoms with Crippen molar-refractivity contribution in [3.63, 3.8) is 0 Å².